The Labute approximate surface area is 86.6 Å². The predicted molar refractivity (Wildman–Crippen MR) is 59.6 cm³/mol. The Bertz CT molecular complexity index is 191. The van der Waals surface area contributed by atoms with E-state index in [4.69, 9.17) is 11.1 Å². The Morgan fingerprint density at radius 2 is 2.29 bits per heavy atom. The summed E-state index contributed by atoms with van der Waals surface area (Å²) in [5.41, 5.74) is 5.53. The molecule has 0 aliphatic carbocycles. The van der Waals surface area contributed by atoms with Crippen molar-refractivity contribution in [2.45, 2.75) is 12.8 Å². The fourth-order valence-corrected chi connectivity index (χ4v) is 1.85. The van der Waals surface area contributed by atoms with Crippen molar-refractivity contribution in [3.8, 4) is 0 Å². The monoisotopic (exact) mass is 198 g/mol. The number of nitrogens with one attached hydrogen (secondary N) is 1. The molecule has 1 fully saturated rings. The highest BCUT2D eigenvalue weighted by molar-refractivity contribution is 5.79. The first-order valence-corrected chi connectivity index (χ1v) is 5.30. The third kappa shape index (κ3) is 3.64. The maximum atomic E-state index is 7.44. The number of nitrogens with zero attached hydrogens (tertiary/aromatic N) is 2. The summed E-state index contributed by atoms with van der Waals surface area (Å²) < 4.78 is 0. The average Bonchev–Trinajstić information content (AvgIpc) is 2.15. The van der Waals surface area contributed by atoms with Crippen molar-refractivity contribution in [3.05, 3.63) is 0 Å². The lowest BCUT2D eigenvalue weighted by atomic mass is 9.97. The normalized spacial score (nSPS) is 24.1. The van der Waals surface area contributed by atoms with Gasteiger partial charge in [-0.3, -0.25) is 5.41 Å². The molecule has 0 bridgehead atoms. The third-order valence-corrected chi connectivity index (χ3v) is 2.81. The van der Waals surface area contributed by atoms with E-state index in [0.29, 0.717) is 11.8 Å². The molecule has 0 aromatic carbocycles. The first-order valence-electron chi connectivity index (χ1n) is 5.30. The molecule has 3 N–H and O–H groups in total. The van der Waals surface area contributed by atoms with Crippen LogP contribution in [0.5, 0.6) is 0 Å². The molecule has 1 atom stereocenters. The number of nitrogens with two attached hydrogens (primary N) is 1. The molecule has 0 radical (unpaired) electrons. The van der Waals surface area contributed by atoms with Gasteiger partial charge in [0, 0.05) is 25.6 Å². The number of likely N-dealkylation sites (N-methyl/N-ethyl adjacent to an activating group) is 1. The van der Waals surface area contributed by atoms with Crippen molar-refractivity contribution in [2.75, 3.05) is 40.3 Å². The number of piperidine rings is 1. The molecule has 4 nitrogen and oxygen atoms in total. The zero-order valence-electron chi connectivity index (χ0n) is 9.29. The maximum Gasteiger partial charge on any atom is 0.0949 e. The predicted octanol–water partition coefficient (Wildman–Crippen LogP) is 0.196. The van der Waals surface area contributed by atoms with E-state index in [1.807, 2.05) is 0 Å². The standard InChI is InChI=1S/C10H22N4/c1-13(2)6-7-14-5-3-4-9(8-14)10(11)12/h9H,3-8H2,1-2H3,(H3,11,12). The fourth-order valence-electron chi connectivity index (χ4n) is 1.85. The second kappa shape index (κ2) is 5.32. The molecular formula is C10H22N4. The maximum absolute atomic E-state index is 7.44. The van der Waals surface area contributed by atoms with Crippen LogP contribution in [0.3, 0.4) is 0 Å². The van der Waals surface area contributed by atoms with Crippen LogP contribution in [0.25, 0.3) is 0 Å². The van der Waals surface area contributed by atoms with Crippen LogP contribution in [-0.2, 0) is 0 Å². The largest absolute Gasteiger partial charge is 0.387 e. The molecule has 82 valence electrons. The smallest absolute Gasteiger partial charge is 0.0949 e. The van der Waals surface area contributed by atoms with Gasteiger partial charge in [-0.2, -0.15) is 0 Å². The molecule has 14 heavy (non-hydrogen) atoms. The lowest BCUT2D eigenvalue weighted by Crippen LogP contribution is -2.43. The number of rotatable bonds is 4. The van der Waals surface area contributed by atoms with Gasteiger partial charge >= 0.3 is 0 Å². The summed E-state index contributed by atoms with van der Waals surface area (Å²) in [6, 6.07) is 0. The summed E-state index contributed by atoms with van der Waals surface area (Å²) in [4.78, 5) is 4.60. The van der Waals surface area contributed by atoms with Gasteiger partial charge in [-0.1, -0.05) is 0 Å². The van der Waals surface area contributed by atoms with Gasteiger partial charge in [0.05, 0.1) is 5.84 Å². The van der Waals surface area contributed by atoms with Gasteiger partial charge < -0.3 is 15.5 Å². The first kappa shape index (κ1) is 11.5. The van der Waals surface area contributed by atoms with Crippen LogP contribution in [0.4, 0.5) is 0 Å². The van der Waals surface area contributed by atoms with Crippen molar-refractivity contribution >= 4 is 5.84 Å². The summed E-state index contributed by atoms with van der Waals surface area (Å²) in [6.45, 7) is 4.32. The molecule has 4 heteroatoms. The quantitative estimate of drug-likeness (QED) is 0.501. The lowest BCUT2D eigenvalue weighted by Gasteiger charge is -2.32. The van der Waals surface area contributed by atoms with Crippen LogP contribution in [0, 0.1) is 11.3 Å². The second-order valence-corrected chi connectivity index (χ2v) is 4.40. The summed E-state index contributed by atoms with van der Waals surface area (Å²) in [7, 11) is 4.18. The highest BCUT2D eigenvalue weighted by Gasteiger charge is 2.21. The first-order chi connectivity index (χ1) is 6.59. The number of hydrogen-bond donors (Lipinski definition) is 2. The average molecular weight is 198 g/mol. The summed E-state index contributed by atoms with van der Waals surface area (Å²) in [5, 5.41) is 7.44. The van der Waals surface area contributed by atoms with Crippen molar-refractivity contribution in [1.82, 2.24) is 9.80 Å². The van der Waals surface area contributed by atoms with Crippen molar-refractivity contribution in [1.29, 1.82) is 5.41 Å². The van der Waals surface area contributed by atoms with Crippen LogP contribution < -0.4 is 5.73 Å². The van der Waals surface area contributed by atoms with Gasteiger partial charge in [-0.15, -0.1) is 0 Å². The Morgan fingerprint density at radius 1 is 1.57 bits per heavy atom. The number of hydrogen-bond acceptors (Lipinski definition) is 3. The second-order valence-electron chi connectivity index (χ2n) is 4.40. The van der Waals surface area contributed by atoms with Gasteiger partial charge in [0.15, 0.2) is 0 Å². The fraction of sp³-hybridized carbons (Fsp3) is 0.900. The highest BCUT2D eigenvalue weighted by Crippen LogP contribution is 2.15. The molecule has 1 heterocycles. The molecular weight excluding hydrogens is 176 g/mol. The Kier molecular flexibility index (Phi) is 4.35. The molecule has 1 saturated heterocycles. The van der Waals surface area contributed by atoms with E-state index in [1.54, 1.807) is 0 Å². The van der Waals surface area contributed by atoms with E-state index in [9.17, 15) is 0 Å². The van der Waals surface area contributed by atoms with Gasteiger partial charge in [0.25, 0.3) is 0 Å². The number of likely N-dealkylation sites (tertiary alicyclic amines) is 1. The van der Waals surface area contributed by atoms with Crippen LogP contribution in [-0.4, -0.2) is 55.9 Å². The zero-order valence-corrected chi connectivity index (χ0v) is 9.29. The summed E-state index contributed by atoms with van der Waals surface area (Å²) >= 11 is 0. The molecule has 0 saturated carbocycles. The minimum Gasteiger partial charge on any atom is -0.387 e. The SMILES string of the molecule is CN(C)CCN1CCCC(C(=N)N)C1. The topological polar surface area (TPSA) is 56.4 Å². The molecule has 0 aromatic rings. The van der Waals surface area contributed by atoms with Gasteiger partial charge in [0.2, 0.25) is 0 Å². The van der Waals surface area contributed by atoms with E-state index < -0.39 is 0 Å². The lowest BCUT2D eigenvalue weighted by molar-refractivity contribution is 0.186. The van der Waals surface area contributed by atoms with Gasteiger partial charge in [-0.25, -0.2) is 0 Å². The third-order valence-electron chi connectivity index (χ3n) is 2.81. The van der Waals surface area contributed by atoms with Crippen LogP contribution >= 0.6 is 0 Å². The van der Waals surface area contributed by atoms with E-state index in [1.165, 1.54) is 6.42 Å². The molecule has 1 aliphatic heterocycles. The minimum absolute atomic E-state index is 0.297. The van der Waals surface area contributed by atoms with Crippen molar-refractivity contribution in [2.24, 2.45) is 11.7 Å². The zero-order chi connectivity index (χ0) is 10.6. The molecule has 1 unspecified atom stereocenters. The molecule has 1 aliphatic rings. The van der Waals surface area contributed by atoms with Crippen LogP contribution in [0.2, 0.25) is 0 Å². The molecule has 1 rings (SSSR count). The Balaban J connectivity index is 2.29. The molecule has 0 spiro atoms. The van der Waals surface area contributed by atoms with Crippen molar-refractivity contribution < 1.29 is 0 Å². The van der Waals surface area contributed by atoms with E-state index in [0.717, 1.165) is 32.6 Å². The van der Waals surface area contributed by atoms with Gasteiger partial charge in [-0.05, 0) is 33.5 Å². The van der Waals surface area contributed by atoms with Crippen LogP contribution in [0.15, 0.2) is 0 Å². The Morgan fingerprint density at radius 3 is 2.86 bits per heavy atom. The molecule has 0 aromatic heterocycles. The minimum atomic E-state index is 0.297. The van der Waals surface area contributed by atoms with E-state index >= 15 is 0 Å². The van der Waals surface area contributed by atoms with Gasteiger partial charge in [0.1, 0.15) is 0 Å². The van der Waals surface area contributed by atoms with E-state index in [2.05, 4.69) is 23.9 Å². The summed E-state index contributed by atoms with van der Waals surface area (Å²) in [6.07, 6.45) is 2.27. The van der Waals surface area contributed by atoms with Crippen molar-refractivity contribution in [3.63, 3.8) is 0 Å². The van der Waals surface area contributed by atoms with Crippen LogP contribution in [0.1, 0.15) is 12.8 Å². The molecule has 0 amide bonds. The van der Waals surface area contributed by atoms with E-state index in [-0.39, 0.29) is 0 Å². The summed E-state index contributed by atoms with van der Waals surface area (Å²) in [5.74, 6) is 0.658. The highest BCUT2D eigenvalue weighted by atomic mass is 15.2. The Hall–Kier alpha value is -0.610. The number of amidine groups is 1.